The maximum absolute atomic E-state index is 6.47. The van der Waals surface area contributed by atoms with E-state index in [1.165, 1.54) is 22.3 Å². The fourth-order valence-electron chi connectivity index (χ4n) is 6.84. The Labute approximate surface area is 309 Å². The largest absolute Gasteiger partial charge is 0.436 e. The van der Waals surface area contributed by atoms with Crippen LogP contribution < -0.4 is 9.80 Å². The second kappa shape index (κ2) is 14.2. The van der Waals surface area contributed by atoms with E-state index in [9.17, 15) is 0 Å². The maximum atomic E-state index is 6.47. The van der Waals surface area contributed by atoms with Gasteiger partial charge in [0, 0.05) is 45.8 Å². The fraction of sp³-hybridized carbons (Fsp3) is 0. The van der Waals surface area contributed by atoms with Crippen molar-refractivity contribution in [2.75, 3.05) is 9.80 Å². The molecule has 53 heavy (non-hydrogen) atoms. The van der Waals surface area contributed by atoms with Crippen LogP contribution in [0.4, 0.5) is 34.1 Å². The van der Waals surface area contributed by atoms with Crippen LogP contribution in [0.2, 0.25) is 0 Å². The molecule has 0 aliphatic carbocycles. The molecule has 0 saturated carbocycles. The SMILES string of the molecule is c1ccc(-c2ccc(N(c3ccccc3)c3ccc(-c4nc5ccc(N(c6ccccc6)c6ccc(-c7ccccc7)cc6)cc5o4)cc3)cc2)cc1. The Hall–Kier alpha value is -7.17. The third-order valence-corrected chi connectivity index (χ3v) is 9.50. The number of rotatable bonds is 9. The molecule has 0 saturated heterocycles. The van der Waals surface area contributed by atoms with Gasteiger partial charge in [0.1, 0.15) is 5.52 Å². The van der Waals surface area contributed by atoms with Crippen molar-refractivity contribution in [1.29, 1.82) is 0 Å². The summed E-state index contributed by atoms with van der Waals surface area (Å²) >= 11 is 0. The van der Waals surface area contributed by atoms with Gasteiger partial charge in [-0.15, -0.1) is 0 Å². The molecule has 0 radical (unpaired) electrons. The van der Waals surface area contributed by atoms with Gasteiger partial charge in [0.05, 0.1) is 0 Å². The van der Waals surface area contributed by atoms with Gasteiger partial charge >= 0.3 is 0 Å². The molecule has 4 nitrogen and oxygen atoms in total. The first-order chi connectivity index (χ1) is 26.3. The molecule has 1 heterocycles. The number of hydrogen-bond donors (Lipinski definition) is 0. The number of aromatic nitrogens is 1. The molecule has 1 aromatic heterocycles. The minimum Gasteiger partial charge on any atom is -0.436 e. The van der Waals surface area contributed by atoms with Crippen molar-refractivity contribution in [2.45, 2.75) is 0 Å². The van der Waals surface area contributed by atoms with Crippen molar-refractivity contribution in [1.82, 2.24) is 4.98 Å². The average molecular weight is 682 g/mol. The number of para-hydroxylation sites is 2. The lowest BCUT2D eigenvalue weighted by Crippen LogP contribution is -2.09. The number of nitrogens with zero attached hydrogens (tertiary/aromatic N) is 3. The van der Waals surface area contributed by atoms with Crippen molar-refractivity contribution in [2.24, 2.45) is 0 Å². The molecular formula is C49H35N3O. The Kier molecular flexibility index (Phi) is 8.53. The van der Waals surface area contributed by atoms with Crippen molar-refractivity contribution >= 4 is 45.2 Å². The highest BCUT2D eigenvalue weighted by Crippen LogP contribution is 2.39. The Morgan fingerprint density at radius 2 is 0.642 bits per heavy atom. The summed E-state index contributed by atoms with van der Waals surface area (Å²) in [6.45, 7) is 0. The van der Waals surface area contributed by atoms with E-state index in [1.807, 2.05) is 30.3 Å². The number of anilines is 6. The van der Waals surface area contributed by atoms with E-state index in [4.69, 9.17) is 9.40 Å². The normalized spacial score (nSPS) is 11.0. The molecular weight excluding hydrogens is 647 g/mol. The molecule has 0 fully saturated rings. The molecule has 0 spiro atoms. The first-order valence-electron chi connectivity index (χ1n) is 17.8. The molecule has 0 N–H and O–H groups in total. The highest BCUT2D eigenvalue weighted by atomic mass is 16.3. The molecule has 0 aliphatic rings. The molecule has 0 atom stereocenters. The van der Waals surface area contributed by atoms with E-state index in [0.717, 1.165) is 50.8 Å². The molecule has 9 rings (SSSR count). The molecule has 0 unspecified atom stereocenters. The van der Waals surface area contributed by atoms with Crippen LogP contribution in [0.1, 0.15) is 0 Å². The van der Waals surface area contributed by atoms with Gasteiger partial charge in [-0.05, 0) is 107 Å². The first-order valence-corrected chi connectivity index (χ1v) is 17.8. The van der Waals surface area contributed by atoms with Gasteiger partial charge in [0.2, 0.25) is 5.89 Å². The minimum atomic E-state index is 0.584. The van der Waals surface area contributed by atoms with Gasteiger partial charge in [0.15, 0.2) is 5.58 Å². The molecule has 4 heteroatoms. The maximum Gasteiger partial charge on any atom is 0.227 e. The standard InChI is InChI=1S/C49H35N3O/c1-5-13-36(14-6-1)38-21-27-43(28-22-38)51(41-17-9-3-10-18-41)44-31-25-40(26-32-44)49-50-47-34-33-46(35-48(47)53-49)52(42-19-11-4-12-20-42)45-29-23-39(24-30-45)37-15-7-2-8-16-37/h1-35H. The summed E-state index contributed by atoms with van der Waals surface area (Å²) in [5.41, 5.74) is 13.5. The van der Waals surface area contributed by atoms with Crippen LogP contribution in [0.3, 0.4) is 0 Å². The molecule has 9 aromatic rings. The topological polar surface area (TPSA) is 32.5 Å². The summed E-state index contributed by atoms with van der Waals surface area (Å²) < 4.78 is 6.47. The molecule has 0 bridgehead atoms. The zero-order valence-electron chi connectivity index (χ0n) is 29.0. The smallest absolute Gasteiger partial charge is 0.227 e. The van der Waals surface area contributed by atoms with Crippen LogP contribution in [0.25, 0.3) is 44.8 Å². The zero-order chi connectivity index (χ0) is 35.4. The Bertz CT molecular complexity index is 2570. The van der Waals surface area contributed by atoms with Gasteiger partial charge in [0.25, 0.3) is 0 Å². The predicted molar refractivity (Wildman–Crippen MR) is 220 cm³/mol. The van der Waals surface area contributed by atoms with Gasteiger partial charge in [-0.1, -0.05) is 121 Å². The van der Waals surface area contributed by atoms with E-state index in [2.05, 4.69) is 192 Å². The lowest BCUT2D eigenvalue weighted by Gasteiger charge is -2.25. The molecule has 0 aliphatic heterocycles. The number of benzene rings is 8. The second-order valence-electron chi connectivity index (χ2n) is 12.9. The summed E-state index contributed by atoms with van der Waals surface area (Å²) in [6.07, 6.45) is 0. The van der Waals surface area contributed by atoms with Crippen LogP contribution in [0.5, 0.6) is 0 Å². The Morgan fingerprint density at radius 1 is 0.302 bits per heavy atom. The third kappa shape index (κ3) is 6.58. The lowest BCUT2D eigenvalue weighted by atomic mass is 10.0. The van der Waals surface area contributed by atoms with Crippen molar-refractivity contribution < 1.29 is 4.42 Å². The van der Waals surface area contributed by atoms with Crippen LogP contribution in [-0.2, 0) is 0 Å². The van der Waals surface area contributed by atoms with Crippen molar-refractivity contribution in [3.63, 3.8) is 0 Å². The molecule has 252 valence electrons. The summed E-state index contributed by atoms with van der Waals surface area (Å²) in [6, 6.07) is 73.8. The van der Waals surface area contributed by atoms with Crippen LogP contribution in [0, 0.1) is 0 Å². The fourth-order valence-corrected chi connectivity index (χ4v) is 6.84. The summed E-state index contributed by atoms with van der Waals surface area (Å²) in [4.78, 5) is 9.42. The van der Waals surface area contributed by atoms with Gasteiger partial charge in [-0.25, -0.2) is 4.98 Å². The van der Waals surface area contributed by atoms with Crippen molar-refractivity contribution in [3.05, 3.63) is 212 Å². The highest BCUT2D eigenvalue weighted by Gasteiger charge is 2.17. The molecule has 0 amide bonds. The minimum absolute atomic E-state index is 0.584. The highest BCUT2D eigenvalue weighted by molar-refractivity contribution is 5.86. The average Bonchev–Trinajstić information content (AvgIpc) is 3.67. The monoisotopic (exact) mass is 681 g/mol. The summed E-state index contributed by atoms with van der Waals surface area (Å²) in [5, 5.41) is 0. The number of oxazole rings is 1. The van der Waals surface area contributed by atoms with E-state index in [0.29, 0.717) is 5.89 Å². The predicted octanol–water partition coefficient (Wildman–Crippen LogP) is 13.8. The summed E-state index contributed by atoms with van der Waals surface area (Å²) in [5.74, 6) is 0.584. The van der Waals surface area contributed by atoms with E-state index < -0.39 is 0 Å². The van der Waals surface area contributed by atoms with Crippen LogP contribution >= 0.6 is 0 Å². The zero-order valence-corrected chi connectivity index (χ0v) is 29.0. The first kappa shape index (κ1) is 31.8. The van der Waals surface area contributed by atoms with Crippen LogP contribution in [-0.4, -0.2) is 4.98 Å². The summed E-state index contributed by atoms with van der Waals surface area (Å²) in [7, 11) is 0. The number of fused-ring (bicyclic) bond motifs is 1. The van der Waals surface area contributed by atoms with Gasteiger partial charge in [-0.3, -0.25) is 0 Å². The van der Waals surface area contributed by atoms with E-state index >= 15 is 0 Å². The molecule has 8 aromatic carbocycles. The van der Waals surface area contributed by atoms with Crippen LogP contribution in [0.15, 0.2) is 217 Å². The quantitative estimate of drug-likeness (QED) is 0.152. The van der Waals surface area contributed by atoms with Gasteiger partial charge < -0.3 is 14.2 Å². The lowest BCUT2D eigenvalue weighted by molar-refractivity contribution is 0.620. The van der Waals surface area contributed by atoms with Gasteiger partial charge in [-0.2, -0.15) is 0 Å². The Morgan fingerprint density at radius 3 is 1.09 bits per heavy atom. The third-order valence-electron chi connectivity index (χ3n) is 9.50. The second-order valence-corrected chi connectivity index (χ2v) is 12.9. The van der Waals surface area contributed by atoms with E-state index in [1.54, 1.807) is 0 Å². The Balaban J connectivity index is 1.02. The van der Waals surface area contributed by atoms with E-state index in [-0.39, 0.29) is 0 Å². The number of hydrogen-bond acceptors (Lipinski definition) is 4. The van der Waals surface area contributed by atoms with Crippen molar-refractivity contribution in [3.8, 4) is 33.7 Å².